The van der Waals surface area contributed by atoms with Crippen LogP contribution in [0.4, 0.5) is 11.6 Å². The van der Waals surface area contributed by atoms with Gasteiger partial charge < -0.3 is 15.3 Å². The Morgan fingerprint density at radius 2 is 2.26 bits per heavy atom. The van der Waals surface area contributed by atoms with Crippen molar-refractivity contribution in [1.82, 2.24) is 4.98 Å². The van der Waals surface area contributed by atoms with Gasteiger partial charge in [0.2, 0.25) is 0 Å². The van der Waals surface area contributed by atoms with Crippen molar-refractivity contribution in [2.24, 2.45) is 0 Å². The molecule has 4 nitrogen and oxygen atoms in total. The molecule has 1 atom stereocenters. The van der Waals surface area contributed by atoms with E-state index in [1.54, 1.807) is 0 Å². The molecule has 0 radical (unpaired) electrons. The van der Waals surface area contributed by atoms with Crippen LogP contribution in [0, 0.1) is 0 Å². The summed E-state index contributed by atoms with van der Waals surface area (Å²) in [4.78, 5) is 6.95. The average Bonchev–Trinajstić information content (AvgIpc) is 2.70. The number of rotatable bonds is 5. The van der Waals surface area contributed by atoms with Gasteiger partial charge in [0.05, 0.1) is 12.6 Å². The van der Waals surface area contributed by atoms with E-state index in [1.807, 2.05) is 18.2 Å². The van der Waals surface area contributed by atoms with Crippen LogP contribution in [0.1, 0.15) is 39.0 Å². The highest BCUT2D eigenvalue weighted by atomic mass is 16.3. The third kappa shape index (κ3) is 3.83. The van der Waals surface area contributed by atoms with Gasteiger partial charge in [-0.3, -0.25) is 0 Å². The van der Waals surface area contributed by atoms with Crippen LogP contribution in [-0.4, -0.2) is 35.8 Å². The lowest BCUT2D eigenvalue weighted by molar-refractivity contribution is 0.254. The van der Waals surface area contributed by atoms with E-state index in [2.05, 4.69) is 22.1 Å². The predicted molar refractivity (Wildman–Crippen MR) is 79.7 cm³/mol. The van der Waals surface area contributed by atoms with Crippen molar-refractivity contribution >= 4 is 11.6 Å². The van der Waals surface area contributed by atoms with Gasteiger partial charge in [-0.15, -0.1) is 0 Å². The average molecular weight is 263 g/mol. The molecule has 1 aromatic heterocycles. The lowest BCUT2D eigenvalue weighted by atomic mass is 10.1. The van der Waals surface area contributed by atoms with E-state index in [0.717, 1.165) is 37.6 Å². The maximum Gasteiger partial charge on any atom is 0.131 e. The Morgan fingerprint density at radius 3 is 3.05 bits per heavy atom. The van der Waals surface area contributed by atoms with Crippen LogP contribution in [-0.2, 0) is 0 Å². The number of aliphatic hydroxyl groups excluding tert-OH is 1. The summed E-state index contributed by atoms with van der Waals surface area (Å²) < 4.78 is 0. The number of aromatic nitrogens is 1. The van der Waals surface area contributed by atoms with Gasteiger partial charge in [-0.05, 0) is 31.4 Å². The predicted octanol–water partition coefficient (Wildman–Crippen LogP) is 2.64. The lowest BCUT2D eigenvalue weighted by Crippen LogP contribution is -2.38. The van der Waals surface area contributed by atoms with Gasteiger partial charge in [0.15, 0.2) is 0 Å². The summed E-state index contributed by atoms with van der Waals surface area (Å²) in [5, 5.41) is 12.9. The van der Waals surface area contributed by atoms with E-state index in [1.165, 1.54) is 19.3 Å². The molecule has 1 aliphatic rings. The minimum absolute atomic E-state index is 0.217. The second-order valence-corrected chi connectivity index (χ2v) is 5.19. The van der Waals surface area contributed by atoms with E-state index >= 15 is 0 Å². The van der Waals surface area contributed by atoms with Crippen LogP contribution in [0.5, 0.6) is 0 Å². The highest BCUT2D eigenvalue weighted by Crippen LogP contribution is 2.23. The first-order valence-electron chi connectivity index (χ1n) is 7.43. The molecule has 2 N–H and O–H groups in total. The van der Waals surface area contributed by atoms with Crippen LogP contribution in [0.3, 0.4) is 0 Å². The summed E-state index contributed by atoms with van der Waals surface area (Å²) in [7, 11) is 0. The molecular formula is C15H25N3O. The number of pyridine rings is 1. The van der Waals surface area contributed by atoms with E-state index < -0.39 is 0 Å². The molecule has 1 saturated heterocycles. The van der Waals surface area contributed by atoms with Gasteiger partial charge >= 0.3 is 0 Å². The van der Waals surface area contributed by atoms with Gasteiger partial charge in [-0.25, -0.2) is 4.98 Å². The first-order chi connectivity index (χ1) is 9.35. The van der Waals surface area contributed by atoms with Crippen molar-refractivity contribution in [3.05, 3.63) is 18.2 Å². The van der Waals surface area contributed by atoms with Gasteiger partial charge in [-0.2, -0.15) is 0 Å². The van der Waals surface area contributed by atoms with Gasteiger partial charge in [0.1, 0.15) is 11.6 Å². The van der Waals surface area contributed by atoms with Crippen molar-refractivity contribution < 1.29 is 5.11 Å². The van der Waals surface area contributed by atoms with Crippen LogP contribution < -0.4 is 10.2 Å². The number of hydrogen-bond donors (Lipinski definition) is 2. The van der Waals surface area contributed by atoms with Gasteiger partial charge in [0.25, 0.3) is 0 Å². The summed E-state index contributed by atoms with van der Waals surface area (Å²) in [6, 6.07) is 6.31. The van der Waals surface area contributed by atoms with Gasteiger partial charge in [-0.1, -0.05) is 25.8 Å². The topological polar surface area (TPSA) is 48.4 Å². The second kappa shape index (κ2) is 7.34. The molecule has 0 aromatic carbocycles. The lowest BCUT2D eigenvalue weighted by Gasteiger charge is -2.30. The summed E-state index contributed by atoms with van der Waals surface area (Å²) in [6.07, 6.45) is 5.79. The summed E-state index contributed by atoms with van der Waals surface area (Å²) in [5.41, 5.74) is 0. The molecule has 1 aliphatic heterocycles. The summed E-state index contributed by atoms with van der Waals surface area (Å²) >= 11 is 0. The fourth-order valence-corrected chi connectivity index (χ4v) is 2.60. The molecule has 2 heterocycles. The van der Waals surface area contributed by atoms with Crippen LogP contribution in [0.2, 0.25) is 0 Å². The molecule has 19 heavy (non-hydrogen) atoms. The Balaban J connectivity index is 2.13. The molecule has 1 fully saturated rings. The monoisotopic (exact) mass is 263 g/mol. The maximum absolute atomic E-state index is 9.57. The number of nitrogens with one attached hydrogen (secondary N) is 1. The van der Waals surface area contributed by atoms with Crippen LogP contribution in [0.25, 0.3) is 0 Å². The van der Waals surface area contributed by atoms with E-state index in [9.17, 15) is 5.11 Å². The third-order valence-corrected chi connectivity index (χ3v) is 3.67. The molecule has 1 unspecified atom stereocenters. The molecule has 0 aliphatic carbocycles. The largest absolute Gasteiger partial charge is 0.394 e. The molecule has 0 saturated carbocycles. The zero-order chi connectivity index (χ0) is 13.5. The van der Waals surface area contributed by atoms with Crippen LogP contribution >= 0.6 is 0 Å². The SMILES string of the molecule is CCCNc1cccc(N2CCCCCC2CO)n1. The Labute approximate surface area is 115 Å². The maximum atomic E-state index is 9.57. The van der Waals surface area contributed by atoms with E-state index in [0.29, 0.717) is 0 Å². The molecule has 2 rings (SSSR count). The fraction of sp³-hybridized carbons (Fsp3) is 0.667. The smallest absolute Gasteiger partial charge is 0.131 e. The molecule has 1 aromatic rings. The molecule has 0 spiro atoms. The van der Waals surface area contributed by atoms with Crippen molar-refractivity contribution in [3.63, 3.8) is 0 Å². The molecule has 106 valence electrons. The minimum atomic E-state index is 0.217. The van der Waals surface area contributed by atoms with Crippen molar-refractivity contribution in [1.29, 1.82) is 0 Å². The molecule has 0 bridgehead atoms. The standard InChI is InChI=1S/C15H25N3O/c1-2-10-16-14-8-6-9-15(17-14)18-11-5-3-4-7-13(18)12-19/h6,8-9,13,19H,2-5,7,10-12H2,1H3,(H,16,17). The first-order valence-corrected chi connectivity index (χ1v) is 7.43. The van der Waals surface area contributed by atoms with Crippen molar-refractivity contribution in [2.75, 3.05) is 29.9 Å². The molecule has 4 heteroatoms. The minimum Gasteiger partial charge on any atom is -0.394 e. The molecule has 0 amide bonds. The zero-order valence-electron chi connectivity index (χ0n) is 11.8. The van der Waals surface area contributed by atoms with Crippen LogP contribution in [0.15, 0.2) is 18.2 Å². The van der Waals surface area contributed by atoms with E-state index in [-0.39, 0.29) is 12.6 Å². The Bertz CT molecular complexity index is 383. The van der Waals surface area contributed by atoms with Crippen molar-refractivity contribution in [3.8, 4) is 0 Å². The molecular weight excluding hydrogens is 238 g/mol. The number of nitrogens with zero attached hydrogens (tertiary/aromatic N) is 2. The first kappa shape index (κ1) is 14.1. The van der Waals surface area contributed by atoms with E-state index in [4.69, 9.17) is 0 Å². The van der Waals surface area contributed by atoms with Gasteiger partial charge in [0, 0.05) is 13.1 Å². The summed E-state index contributed by atoms with van der Waals surface area (Å²) in [6.45, 7) is 4.30. The normalized spacial score (nSPS) is 20.1. The summed E-state index contributed by atoms with van der Waals surface area (Å²) in [5.74, 6) is 1.92. The quantitative estimate of drug-likeness (QED) is 0.857. The third-order valence-electron chi connectivity index (χ3n) is 3.67. The highest BCUT2D eigenvalue weighted by molar-refractivity contribution is 5.48. The second-order valence-electron chi connectivity index (χ2n) is 5.19. The Morgan fingerprint density at radius 1 is 1.37 bits per heavy atom. The zero-order valence-corrected chi connectivity index (χ0v) is 11.8. The Kier molecular flexibility index (Phi) is 5.45. The number of hydrogen-bond acceptors (Lipinski definition) is 4. The fourth-order valence-electron chi connectivity index (χ4n) is 2.60. The number of aliphatic hydroxyl groups is 1. The van der Waals surface area contributed by atoms with Crippen molar-refractivity contribution in [2.45, 2.75) is 45.1 Å². The Hall–Kier alpha value is -1.29. The number of anilines is 2. The highest BCUT2D eigenvalue weighted by Gasteiger charge is 2.21.